The smallest absolute Gasteiger partial charge is 0.220 e. The highest BCUT2D eigenvalue weighted by atomic mass is 35.5. The summed E-state index contributed by atoms with van der Waals surface area (Å²) in [4.78, 5) is 23.0. The zero-order valence-corrected chi connectivity index (χ0v) is 14.4. The van der Waals surface area contributed by atoms with Crippen LogP contribution >= 0.6 is 11.6 Å². The van der Waals surface area contributed by atoms with Gasteiger partial charge in [-0.15, -0.1) is 0 Å². The summed E-state index contributed by atoms with van der Waals surface area (Å²) in [7, 11) is 0. The lowest BCUT2D eigenvalue weighted by Crippen LogP contribution is -2.48. The van der Waals surface area contributed by atoms with E-state index >= 15 is 0 Å². The molecular weight excluding hydrogens is 300 g/mol. The number of rotatable bonds is 5. The minimum atomic E-state index is 0.140. The molecule has 1 amide bonds. The molecule has 1 N–H and O–H groups in total. The molecule has 2 rings (SSSR count). The lowest BCUT2D eigenvalue weighted by molar-refractivity contribution is -0.121. The number of aromatic nitrogens is 2. The van der Waals surface area contributed by atoms with E-state index in [0.29, 0.717) is 11.6 Å². The van der Waals surface area contributed by atoms with Crippen LogP contribution in [0.2, 0.25) is 5.15 Å². The van der Waals surface area contributed by atoms with Crippen LogP contribution in [-0.4, -0.2) is 35.0 Å². The van der Waals surface area contributed by atoms with Crippen molar-refractivity contribution in [3.8, 4) is 0 Å². The largest absolute Gasteiger partial charge is 0.354 e. The van der Waals surface area contributed by atoms with Crippen molar-refractivity contribution in [3.05, 3.63) is 16.5 Å². The van der Waals surface area contributed by atoms with Crippen LogP contribution in [0.4, 0.5) is 5.82 Å². The molecule has 22 heavy (non-hydrogen) atoms. The Morgan fingerprint density at radius 1 is 1.41 bits per heavy atom. The fourth-order valence-corrected chi connectivity index (χ4v) is 2.98. The molecule has 6 heteroatoms. The number of hydrogen-bond donors (Lipinski definition) is 1. The molecule has 2 heterocycles. The van der Waals surface area contributed by atoms with E-state index in [9.17, 15) is 4.79 Å². The minimum absolute atomic E-state index is 0.140. The molecule has 1 aliphatic rings. The molecular formula is C16H25ClN4O. The zero-order chi connectivity index (χ0) is 16.1. The second kappa shape index (κ2) is 7.77. The van der Waals surface area contributed by atoms with Crippen molar-refractivity contribution in [3.63, 3.8) is 0 Å². The van der Waals surface area contributed by atoms with Crippen molar-refractivity contribution in [2.24, 2.45) is 0 Å². The van der Waals surface area contributed by atoms with Gasteiger partial charge in [-0.25, -0.2) is 9.97 Å². The Morgan fingerprint density at radius 2 is 2.18 bits per heavy atom. The number of carbonyl (C=O) groups excluding carboxylic acids is 1. The highest BCUT2D eigenvalue weighted by Crippen LogP contribution is 2.26. The van der Waals surface area contributed by atoms with Gasteiger partial charge in [-0.05, 0) is 26.2 Å². The van der Waals surface area contributed by atoms with Gasteiger partial charge in [-0.1, -0.05) is 25.4 Å². The lowest BCUT2D eigenvalue weighted by atomic mass is 10.0. The summed E-state index contributed by atoms with van der Waals surface area (Å²) in [5.74, 6) is 1.81. The van der Waals surface area contributed by atoms with Gasteiger partial charge in [0.25, 0.3) is 0 Å². The average Bonchev–Trinajstić information content (AvgIpc) is 2.50. The molecule has 1 saturated heterocycles. The highest BCUT2D eigenvalue weighted by Gasteiger charge is 2.24. The fraction of sp³-hybridized carbons (Fsp3) is 0.688. The topological polar surface area (TPSA) is 58.1 Å². The zero-order valence-electron chi connectivity index (χ0n) is 13.7. The quantitative estimate of drug-likeness (QED) is 0.846. The minimum Gasteiger partial charge on any atom is -0.354 e. The second-order valence-corrected chi connectivity index (χ2v) is 6.19. The standard InChI is InChI=1S/C16H25ClN4O/c1-4-7-14(22)18-12-8-6-9-21(10-12)16-11(3)15(17)19-13(5-2)20-16/h12H,4-10H2,1-3H3,(H,18,22). The van der Waals surface area contributed by atoms with Gasteiger partial charge in [0.05, 0.1) is 0 Å². The van der Waals surface area contributed by atoms with Crippen LogP contribution in [0.5, 0.6) is 0 Å². The lowest BCUT2D eigenvalue weighted by Gasteiger charge is -2.35. The summed E-state index contributed by atoms with van der Waals surface area (Å²) in [6, 6.07) is 0.186. The van der Waals surface area contributed by atoms with Crippen LogP contribution in [0.15, 0.2) is 0 Å². The van der Waals surface area contributed by atoms with Crippen molar-refractivity contribution in [2.45, 2.75) is 58.9 Å². The van der Waals surface area contributed by atoms with E-state index in [4.69, 9.17) is 11.6 Å². The number of halogens is 1. The van der Waals surface area contributed by atoms with Gasteiger partial charge in [-0.2, -0.15) is 0 Å². The molecule has 5 nitrogen and oxygen atoms in total. The first kappa shape index (κ1) is 17.0. The van der Waals surface area contributed by atoms with Crippen LogP contribution in [0, 0.1) is 6.92 Å². The van der Waals surface area contributed by atoms with Crippen molar-refractivity contribution in [1.82, 2.24) is 15.3 Å². The first-order valence-corrected chi connectivity index (χ1v) is 8.50. The molecule has 0 aliphatic carbocycles. The molecule has 0 saturated carbocycles. The molecule has 0 spiro atoms. The molecule has 1 aliphatic heterocycles. The first-order valence-electron chi connectivity index (χ1n) is 8.12. The van der Waals surface area contributed by atoms with Crippen molar-refractivity contribution < 1.29 is 4.79 Å². The predicted molar refractivity (Wildman–Crippen MR) is 89.4 cm³/mol. The van der Waals surface area contributed by atoms with Gasteiger partial charge in [0.1, 0.15) is 16.8 Å². The summed E-state index contributed by atoms with van der Waals surface area (Å²) < 4.78 is 0. The predicted octanol–water partition coefficient (Wildman–Crippen LogP) is 2.89. The third kappa shape index (κ3) is 4.09. The van der Waals surface area contributed by atoms with E-state index in [1.807, 2.05) is 20.8 Å². The molecule has 122 valence electrons. The number of piperidine rings is 1. The Labute approximate surface area is 137 Å². The number of aryl methyl sites for hydroxylation is 1. The summed E-state index contributed by atoms with van der Waals surface area (Å²) in [6.07, 6.45) is 4.29. The van der Waals surface area contributed by atoms with E-state index in [0.717, 1.165) is 56.0 Å². The van der Waals surface area contributed by atoms with E-state index in [2.05, 4.69) is 20.2 Å². The van der Waals surface area contributed by atoms with Crippen molar-refractivity contribution in [2.75, 3.05) is 18.0 Å². The number of carbonyl (C=O) groups is 1. The summed E-state index contributed by atoms with van der Waals surface area (Å²) in [5, 5.41) is 3.65. The third-order valence-electron chi connectivity index (χ3n) is 3.99. The molecule has 1 aromatic heterocycles. The Balaban J connectivity index is 2.12. The van der Waals surface area contributed by atoms with Crippen LogP contribution in [0.3, 0.4) is 0 Å². The van der Waals surface area contributed by atoms with E-state index in [-0.39, 0.29) is 11.9 Å². The third-order valence-corrected chi connectivity index (χ3v) is 4.35. The molecule has 0 bridgehead atoms. The van der Waals surface area contributed by atoms with Crippen LogP contribution < -0.4 is 10.2 Å². The molecule has 1 atom stereocenters. The highest BCUT2D eigenvalue weighted by molar-refractivity contribution is 6.30. The number of amides is 1. The second-order valence-electron chi connectivity index (χ2n) is 5.84. The maximum Gasteiger partial charge on any atom is 0.220 e. The molecule has 1 fully saturated rings. The van der Waals surface area contributed by atoms with Crippen LogP contribution in [-0.2, 0) is 11.2 Å². The monoisotopic (exact) mass is 324 g/mol. The van der Waals surface area contributed by atoms with Gasteiger partial charge in [0.2, 0.25) is 5.91 Å². The van der Waals surface area contributed by atoms with Crippen LogP contribution in [0.1, 0.15) is 50.9 Å². The van der Waals surface area contributed by atoms with Gasteiger partial charge >= 0.3 is 0 Å². The van der Waals surface area contributed by atoms with Crippen molar-refractivity contribution in [1.29, 1.82) is 0 Å². The Morgan fingerprint density at radius 3 is 2.86 bits per heavy atom. The van der Waals surface area contributed by atoms with Crippen molar-refractivity contribution >= 4 is 23.3 Å². The Hall–Kier alpha value is -1.36. The van der Waals surface area contributed by atoms with E-state index < -0.39 is 0 Å². The van der Waals surface area contributed by atoms with Gasteiger partial charge in [-0.3, -0.25) is 4.79 Å². The molecule has 0 aromatic carbocycles. The van der Waals surface area contributed by atoms with Gasteiger partial charge in [0, 0.05) is 37.5 Å². The normalized spacial score (nSPS) is 18.4. The number of nitrogens with one attached hydrogen (secondary N) is 1. The summed E-state index contributed by atoms with van der Waals surface area (Å²) in [5.41, 5.74) is 0.916. The van der Waals surface area contributed by atoms with Gasteiger partial charge < -0.3 is 10.2 Å². The summed E-state index contributed by atoms with van der Waals surface area (Å²) >= 11 is 6.23. The van der Waals surface area contributed by atoms with E-state index in [1.54, 1.807) is 0 Å². The van der Waals surface area contributed by atoms with Crippen LogP contribution in [0.25, 0.3) is 0 Å². The number of hydrogen-bond acceptors (Lipinski definition) is 4. The molecule has 0 radical (unpaired) electrons. The Bertz CT molecular complexity index is 535. The number of nitrogens with zero attached hydrogens (tertiary/aromatic N) is 3. The maximum atomic E-state index is 11.8. The molecule has 1 aromatic rings. The van der Waals surface area contributed by atoms with Gasteiger partial charge in [0.15, 0.2) is 0 Å². The fourth-order valence-electron chi connectivity index (χ4n) is 2.80. The number of anilines is 1. The Kier molecular flexibility index (Phi) is 6.00. The first-order chi connectivity index (χ1) is 10.5. The van der Waals surface area contributed by atoms with E-state index in [1.165, 1.54) is 0 Å². The summed E-state index contributed by atoms with van der Waals surface area (Å²) in [6.45, 7) is 7.72. The SMILES string of the molecule is CCCC(=O)NC1CCCN(c2nc(CC)nc(Cl)c2C)C1. The maximum absolute atomic E-state index is 11.8. The average molecular weight is 325 g/mol. The molecule has 1 unspecified atom stereocenters.